The first-order chi connectivity index (χ1) is 7.84. The molecule has 0 aliphatic carbocycles. The van der Waals surface area contributed by atoms with Crippen molar-refractivity contribution in [3.05, 3.63) is 5.01 Å². The first-order valence-corrected chi connectivity index (χ1v) is 6.90. The molecule has 6 heteroatoms. The fourth-order valence-corrected chi connectivity index (χ4v) is 2.23. The molecule has 0 aromatic carbocycles. The van der Waals surface area contributed by atoms with Gasteiger partial charge in [0.25, 0.3) is 0 Å². The minimum atomic E-state index is -0.102. The van der Waals surface area contributed by atoms with Crippen LogP contribution in [0.3, 0.4) is 0 Å². The smallest absolute Gasteiger partial charge is 0.229 e. The molecular formula is C11H18ClN3OS. The molecule has 1 aromatic rings. The molecule has 4 nitrogen and oxygen atoms in total. The maximum atomic E-state index is 11.7. The lowest BCUT2D eigenvalue weighted by Gasteiger charge is -2.12. The van der Waals surface area contributed by atoms with E-state index in [-0.39, 0.29) is 17.2 Å². The Bertz CT molecular complexity index is 386. The van der Waals surface area contributed by atoms with E-state index in [9.17, 15) is 4.79 Å². The van der Waals surface area contributed by atoms with Gasteiger partial charge in [-0.15, -0.1) is 21.8 Å². The van der Waals surface area contributed by atoms with Crippen LogP contribution in [0.15, 0.2) is 0 Å². The second kappa shape index (κ2) is 5.78. The average molecular weight is 276 g/mol. The molecule has 0 saturated heterocycles. The van der Waals surface area contributed by atoms with Crippen LogP contribution in [0.5, 0.6) is 0 Å². The Morgan fingerprint density at radius 2 is 2.12 bits per heavy atom. The summed E-state index contributed by atoms with van der Waals surface area (Å²) in [5.74, 6) is 0.328. The number of carbonyl (C=O) groups excluding carboxylic acids is 1. The predicted octanol–water partition coefficient (Wildman–Crippen LogP) is 3.04. The number of halogens is 1. The fraction of sp³-hybridized carbons (Fsp3) is 0.727. The van der Waals surface area contributed by atoms with Gasteiger partial charge in [0.2, 0.25) is 11.0 Å². The molecule has 1 atom stereocenters. The SMILES string of the molecule is CC(CCCl)C(=O)Nc1nnc(C(C)(C)C)s1. The van der Waals surface area contributed by atoms with Crippen molar-refractivity contribution in [1.82, 2.24) is 10.2 Å². The highest BCUT2D eigenvalue weighted by atomic mass is 35.5. The topological polar surface area (TPSA) is 54.9 Å². The lowest BCUT2D eigenvalue weighted by molar-refractivity contribution is -0.119. The van der Waals surface area contributed by atoms with Crippen LogP contribution in [0.4, 0.5) is 5.13 Å². The number of amides is 1. The lowest BCUT2D eigenvalue weighted by Crippen LogP contribution is -2.20. The van der Waals surface area contributed by atoms with Gasteiger partial charge in [0.1, 0.15) is 5.01 Å². The van der Waals surface area contributed by atoms with E-state index < -0.39 is 0 Å². The van der Waals surface area contributed by atoms with E-state index in [0.29, 0.717) is 17.4 Å². The highest BCUT2D eigenvalue weighted by Gasteiger charge is 2.21. The molecule has 1 N–H and O–H groups in total. The number of rotatable bonds is 4. The molecule has 0 bridgehead atoms. The van der Waals surface area contributed by atoms with Crippen molar-refractivity contribution < 1.29 is 4.79 Å². The molecular weight excluding hydrogens is 258 g/mol. The quantitative estimate of drug-likeness (QED) is 0.860. The minimum absolute atomic E-state index is 0.0393. The van der Waals surface area contributed by atoms with Crippen LogP contribution >= 0.6 is 22.9 Å². The van der Waals surface area contributed by atoms with Gasteiger partial charge < -0.3 is 5.32 Å². The van der Waals surface area contributed by atoms with Crippen LogP contribution in [0.25, 0.3) is 0 Å². The molecule has 17 heavy (non-hydrogen) atoms. The molecule has 0 fully saturated rings. The molecule has 1 amide bonds. The summed E-state index contributed by atoms with van der Waals surface area (Å²) in [6, 6.07) is 0. The Balaban J connectivity index is 2.64. The van der Waals surface area contributed by atoms with Crippen molar-refractivity contribution in [3.8, 4) is 0 Å². The van der Waals surface area contributed by atoms with E-state index >= 15 is 0 Å². The third-order valence-electron chi connectivity index (χ3n) is 2.29. The van der Waals surface area contributed by atoms with Crippen molar-refractivity contribution in [1.29, 1.82) is 0 Å². The Morgan fingerprint density at radius 3 is 2.59 bits per heavy atom. The van der Waals surface area contributed by atoms with Gasteiger partial charge in [-0.3, -0.25) is 4.79 Å². The summed E-state index contributed by atoms with van der Waals surface area (Å²) < 4.78 is 0. The zero-order valence-electron chi connectivity index (χ0n) is 10.6. The number of aromatic nitrogens is 2. The summed E-state index contributed by atoms with van der Waals surface area (Å²) in [5.41, 5.74) is -0.0393. The van der Waals surface area contributed by atoms with Crippen molar-refractivity contribution in [3.63, 3.8) is 0 Å². The Labute approximate surface area is 111 Å². The van der Waals surface area contributed by atoms with E-state index in [0.717, 1.165) is 5.01 Å². The molecule has 1 heterocycles. The summed E-state index contributed by atoms with van der Waals surface area (Å²) in [6.07, 6.45) is 0.665. The van der Waals surface area contributed by atoms with Gasteiger partial charge in [0.15, 0.2) is 0 Å². The van der Waals surface area contributed by atoms with Gasteiger partial charge in [-0.05, 0) is 6.42 Å². The summed E-state index contributed by atoms with van der Waals surface area (Å²) in [4.78, 5) is 11.7. The van der Waals surface area contributed by atoms with E-state index in [1.165, 1.54) is 11.3 Å². The van der Waals surface area contributed by atoms with Crippen molar-refractivity contribution in [2.45, 2.75) is 39.5 Å². The zero-order chi connectivity index (χ0) is 13.1. The molecule has 0 spiro atoms. The number of anilines is 1. The summed E-state index contributed by atoms with van der Waals surface area (Å²) in [5, 5.41) is 12.3. The van der Waals surface area contributed by atoms with Crippen LogP contribution in [0, 0.1) is 5.92 Å². The summed E-state index contributed by atoms with van der Waals surface area (Å²) in [7, 11) is 0. The number of nitrogens with one attached hydrogen (secondary N) is 1. The number of hydrogen-bond donors (Lipinski definition) is 1. The zero-order valence-corrected chi connectivity index (χ0v) is 12.2. The number of alkyl halides is 1. The summed E-state index contributed by atoms with van der Waals surface area (Å²) in [6.45, 7) is 8.04. The average Bonchev–Trinajstić information content (AvgIpc) is 2.66. The largest absolute Gasteiger partial charge is 0.300 e. The third kappa shape index (κ3) is 4.24. The molecule has 1 unspecified atom stereocenters. The van der Waals surface area contributed by atoms with Gasteiger partial charge in [-0.25, -0.2) is 0 Å². The Kier molecular flexibility index (Phi) is 4.89. The van der Waals surface area contributed by atoms with Crippen molar-refractivity contribution in [2.75, 3.05) is 11.2 Å². The maximum absolute atomic E-state index is 11.7. The van der Waals surface area contributed by atoms with E-state index in [2.05, 4.69) is 36.3 Å². The summed E-state index contributed by atoms with van der Waals surface area (Å²) >= 11 is 7.02. The minimum Gasteiger partial charge on any atom is -0.300 e. The molecule has 0 radical (unpaired) electrons. The number of carbonyl (C=O) groups is 1. The van der Waals surface area contributed by atoms with Crippen LogP contribution in [-0.2, 0) is 10.2 Å². The molecule has 0 saturated carbocycles. The molecule has 0 aliphatic rings. The van der Waals surface area contributed by atoms with Crippen LogP contribution in [-0.4, -0.2) is 22.0 Å². The molecule has 1 aromatic heterocycles. The van der Waals surface area contributed by atoms with Gasteiger partial charge in [0.05, 0.1) is 0 Å². The van der Waals surface area contributed by atoms with Crippen molar-refractivity contribution >= 4 is 34.0 Å². The Morgan fingerprint density at radius 1 is 1.47 bits per heavy atom. The maximum Gasteiger partial charge on any atom is 0.229 e. The van der Waals surface area contributed by atoms with E-state index in [1.807, 2.05) is 6.92 Å². The highest BCUT2D eigenvalue weighted by molar-refractivity contribution is 7.15. The first-order valence-electron chi connectivity index (χ1n) is 5.55. The van der Waals surface area contributed by atoms with E-state index in [4.69, 9.17) is 11.6 Å². The second-order valence-corrected chi connectivity index (χ2v) is 6.39. The normalized spacial score (nSPS) is 13.5. The van der Waals surface area contributed by atoms with Crippen LogP contribution in [0.2, 0.25) is 0 Å². The number of hydrogen-bond acceptors (Lipinski definition) is 4. The highest BCUT2D eigenvalue weighted by Crippen LogP contribution is 2.27. The number of nitrogens with zero attached hydrogens (tertiary/aromatic N) is 2. The molecule has 1 rings (SSSR count). The lowest BCUT2D eigenvalue weighted by atomic mass is 9.98. The molecule has 96 valence electrons. The fourth-order valence-electron chi connectivity index (χ4n) is 1.10. The predicted molar refractivity (Wildman–Crippen MR) is 71.7 cm³/mol. The van der Waals surface area contributed by atoms with E-state index in [1.54, 1.807) is 0 Å². The monoisotopic (exact) mass is 275 g/mol. The standard InChI is InChI=1S/C11H18ClN3OS/c1-7(5-6-12)8(16)13-10-15-14-9(17-10)11(2,3)4/h7H,5-6H2,1-4H3,(H,13,15,16). The van der Waals surface area contributed by atoms with Gasteiger partial charge in [0, 0.05) is 17.2 Å². The van der Waals surface area contributed by atoms with Gasteiger partial charge in [-0.2, -0.15) is 0 Å². The van der Waals surface area contributed by atoms with Gasteiger partial charge in [-0.1, -0.05) is 39.0 Å². The van der Waals surface area contributed by atoms with Crippen molar-refractivity contribution in [2.24, 2.45) is 5.92 Å². The van der Waals surface area contributed by atoms with Crippen LogP contribution in [0.1, 0.15) is 39.1 Å². The first kappa shape index (κ1) is 14.4. The molecule has 0 aliphatic heterocycles. The Hall–Kier alpha value is -0.680. The van der Waals surface area contributed by atoms with Crippen LogP contribution < -0.4 is 5.32 Å². The second-order valence-electron chi connectivity index (χ2n) is 5.03. The van der Waals surface area contributed by atoms with Gasteiger partial charge >= 0.3 is 0 Å². The third-order valence-corrected chi connectivity index (χ3v) is 3.77.